The number of hydrogen-bond donors (Lipinski definition) is 4. The lowest BCUT2D eigenvalue weighted by molar-refractivity contribution is -0.297. The summed E-state index contributed by atoms with van der Waals surface area (Å²) in [6.45, 7) is 3.82. The summed E-state index contributed by atoms with van der Waals surface area (Å²) in [4.78, 5) is 25.6. The molecule has 66 heavy (non-hydrogen) atoms. The van der Waals surface area contributed by atoms with Gasteiger partial charge >= 0.3 is 11.9 Å². The molecule has 6 unspecified atom stereocenters. The van der Waals surface area contributed by atoms with E-state index in [2.05, 4.69) is 13.8 Å². The molecular formula is C53H102O12S. The van der Waals surface area contributed by atoms with Gasteiger partial charge in [0.2, 0.25) is 0 Å². The Labute approximate surface area is 403 Å². The predicted molar refractivity (Wildman–Crippen MR) is 266 cm³/mol. The SMILES string of the molecule is CCCCCCCCCCCCCCCCCCCCCCCCCC(=O)OC(COC(=O)CCCCCCCCCCCCCCCCC)COC1OC(CS(=O)(=O)O)C(O)C(O)C1O. The predicted octanol–water partition coefficient (Wildman–Crippen LogP) is 12.8. The van der Waals surface area contributed by atoms with E-state index in [1.807, 2.05) is 0 Å². The molecule has 392 valence electrons. The van der Waals surface area contributed by atoms with Gasteiger partial charge in [-0.05, 0) is 12.8 Å². The molecule has 0 spiro atoms. The topological polar surface area (TPSA) is 186 Å². The second-order valence-corrected chi connectivity index (χ2v) is 21.1. The van der Waals surface area contributed by atoms with Crippen LogP contribution in [-0.2, 0) is 38.7 Å². The maximum atomic E-state index is 12.9. The second-order valence-electron chi connectivity index (χ2n) is 19.6. The van der Waals surface area contributed by atoms with Crippen LogP contribution in [0.1, 0.15) is 271 Å². The van der Waals surface area contributed by atoms with Crippen molar-refractivity contribution in [2.45, 2.75) is 307 Å². The van der Waals surface area contributed by atoms with E-state index in [4.69, 9.17) is 18.9 Å². The van der Waals surface area contributed by atoms with Crippen molar-refractivity contribution in [1.82, 2.24) is 0 Å². The molecule has 1 rings (SSSR count). The number of hydrogen-bond acceptors (Lipinski definition) is 11. The highest BCUT2D eigenvalue weighted by atomic mass is 32.2. The Hall–Kier alpha value is -1.35. The molecule has 0 amide bonds. The smallest absolute Gasteiger partial charge is 0.306 e. The van der Waals surface area contributed by atoms with Gasteiger partial charge in [0, 0.05) is 12.8 Å². The van der Waals surface area contributed by atoms with Gasteiger partial charge in [0.05, 0.1) is 6.61 Å². The molecule has 0 aromatic carbocycles. The largest absolute Gasteiger partial charge is 0.462 e. The van der Waals surface area contributed by atoms with Crippen LogP contribution in [0.3, 0.4) is 0 Å². The maximum Gasteiger partial charge on any atom is 0.306 e. The first kappa shape index (κ1) is 62.7. The fourth-order valence-electron chi connectivity index (χ4n) is 8.92. The molecule has 0 aromatic heterocycles. The van der Waals surface area contributed by atoms with Gasteiger partial charge in [-0.1, -0.05) is 245 Å². The van der Waals surface area contributed by atoms with E-state index in [9.17, 15) is 37.9 Å². The van der Waals surface area contributed by atoms with Gasteiger partial charge in [-0.2, -0.15) is 8.42 Å². The maximum absolute atomic E-state index is 12.9. The van der Waals surface area contributed by atoms with Crippen molar-refractivity contribution in [1.29, 1.82) is 0 Å². The van der Waals surface area contributed by atoms with Crippen LogP contribution in [0, 0.1) is 0 Å². The van der Waals surface area contributed by atoms with Crippen molar-refractivity contribution in [2.75, 3.05) is 19.0 Å². The number of esters is 2. The summed E-state index contributed by atoms with van der Waals surface area (Å²) in [5.74, 6) is -1.95. The fourth-order valence-corrected chi connectivity index (χ4v) is 9.61. The van der Waals surface area contributed by atoms with E-state index in [-0.39, 0.29) is 19.4 Å². The van der Waals surface area contributed by atoms with E-state index >= 15 is 0 Å². The van der Waals surface area contributed by atoms with Crippen molar-refractivity contribution >= 4 is 22.1 Å². The van der Waals surface area contributed by atoms with Crippen LogP contribution in [-0.4, -0.2) is 96.0 Å². The molecule has 0 aliphatic carbocycles. The Morgan fingerprint density at radius 1 is 0.455 bits per heavy atom. The highest BCUT2D eigenvalue weighted by Gasteiger charge is 2.46. The molecule has 1 aliphatic rings. The van der Waals surface area contributed by atoms with Gasteiger partial charge in [-0.3, -0.25) is 14.1 Å². The van der Waals surface area contributed by atoms with Crippen molar-refractivity contribution in [2.24, 2.45) is 0 Å². The Morgan fingerprint density at radius 2 is 0.773 bits per heavy atom. The van der Waals surface area contributed by atoms with Gasteiger partial charge in [-0.15, -0.1) is 0 Å². The minimum Gasteiger partial charge on any atom is -0.462 e. The first-order chi connectivity index (χ1) is 32.0. The Balaban J connectivity index is 2.30. The van der Waals surface area contributed by atoms with Crippen molar-refractivity contribution in [3.05, 3.63) is 0 Å². The average molecular weight is 963 g/mol. The van der Waals surface area contributed by atoms with Crippen LogP contribution >= 0.6 is 0 Å². The molecule has 0 saturated carbocycles. The van der Waals surface area contributed by atoms with Crippen LogP contribution in [0.2, 0.25) is 0 Å². The molecule has 0 bridgehead atoms. The molecule has 1 fully saturated rings. The molecular weight excluding hydrogens is 861 g/mol. The summed E-state index contributed by atoms with van der Waals surface area (Å²) < 4.78 is 54.3. The summed E-state index contributed by atoms with van der Waals surface area (Å²) in [6, 6.07) is 0. The number of carbonyl (C=O) groups is 2. The Kier molecular flexibility index (Phi) is 41.4. The third kappa shape index (κ3) is 37.5. The highest BCUT2D eigenvalue weighted by Crippen LogP contribution is 2.24. The first-order valence-corrected chi connectivity index (χ1v) is 29.2. The summed E-state index contributed by atoms with van der Waals surface area (Å²) >= 11 is 0. The fraction of sp³-hybridized carbons (Fsp3) is 0.962. The minimum absolute atomic E-state index is 0.173. The van der Waals surface area contributed by atoms with Gasteiger partial charge in [0.1, 0.15) is 36.8 Å². The third-order valence-corrected chi connectivity index (χ3v) is 13.9. The zero-order valence-corrected chi connectivity index (χ0v) is 43.1. The van der Waals surface area contributed by atoms with Crippen LogP contribution in [0.4, 0.5) is 0 Å². The van der Waals surface area contributed by atoms with Gasteiger partial charge in [0.15, 0.2) is 12.4 Å². The molecule has 1 saturated heterocycles. The van der Waals surface area contributed by atoms with Crippen LogP contribution in [0.5, 0.6) is 0 Å². The first-order valence-electron chi connectivity index (χ1n) is 27.6. The molecule has 4 N–H and O–H groups in total. The standard InChI is InChI=1S/C53H102O12S/c1-3-5-7-9-11-13-15-17-19-20-21-22-23-24-25-26-28-30-32-34-36-38-40-42-49(55)64-46(44-63-53-52(58)51(57)50(56)47(65-53)45-66(59,60)61)43-62-48(54)41-39-37-35-33-31-29-27-18-16-14-12-10-8-6-4-2/h46-47,50-53,56-58H,3-45H2,1-2H3,(H,59,60,61). The number of rotatable bonds is 48. The summed E-state index contributed by atoms with van der Waals surface area (Å²) in [5.41, 5.74) is 0. The normalized spacial score (nSPS) is 19.3. The zero-order valence-electron chi connectivity index (χ0n) is 42.3. The summed E-state index contributed by atoms with van der Waals surface area (Å²) in [5, 5.41) is 31.0. The van der Waals surface area contributed by atoms with Gasteiger partial charge in [0.25, 0.3) is 10.1 Å². The van der Waals surface area contributed by atoms with Crippen LogP contribution < -0.4 is 0 Å². The van der Waals surface area contributed by atoms with E-state index < -0.39 is 71.2 Å². The Morgan fingerprint density at radius 3 is 1.11 bits per heavy atom. The lowest BCUT2D eigenvalue weighted by atomic mass is 10.00. The molecule has 6 atom stereocenters. The second kappa shape index (κ2) is 43.7. The summed E-state index contributed by atoms with van der Waals surface area (Å²) in [6.07, 6.45) is 38.6. The van der Waals surface area contributed by atoms with E-state index in [1.54, 1.807) is 0 Å². The minimum atomic E-state index is -4.60. The number of aliphatic hydroxyl groups is 3. The number of aliphatic hydroxyl groups excluding tert-OH is 3. The zero-order chi connectivity index (χ0) is 48.4. The van der Waals surface area contributed by atoms with E-state index in [0.717, 1.165) is 38.5 Å². The van der Waals surface area contributed by atoms with Crippen LogP contribution in [0.25, 0.3) is 0 Å². The van der Waals surface area contributed by atoms with Crippen molar-refractivity contribution in [3.8, 4) is 0 Å². The quantitative estimate of drug-likeness (QED) is 0.0257. The number of unbranched alkanes of at least 4 members (excludes halogenated alkanes) is 36. The highest BCUT2D eigenvalue weighted by molar-refractivity contribution is 7.85. The van der Waals surface area contributed by atoms with Gasteiger partial charge in [-0.25, -0.2) is 0 Å². The molecule has 0 radical (unpaired) electrons. The molecule has 1 heterocycles. The van der Waals surface area contributed by atoms with Crippen molar-refractivity contribution < 1.29 is 56.8 Å². The number of ether oxygens (including phenoxy) is 4. The molecule has 0 aromatic rings. The molecule has 13 heteroatoms. The van der Waals surface area contributed by atoms with E-state index in [0.29, 0.717) is 12.8 Å². The average Bonchev–Trinajstić information content (AvgIpc) is 3.28. The molecule has 12 nitrogen and oxygen atoms in total. The number of carbonyl (C=O) groups excluding carboxylic acids is 2. The van der Waals surface area contributed by atoms with Crippen LogP contribution in [0.15, 0.2) is 0 Å². The lowest BCUT2D eigenvalue weighted by Gasteiger charge is -2.40. The monoisotopic (exact) mass is 963 g/mol. The Bertz CT molecular complexity index is 1220. The lowest BCUT2D eigenvalue weighted by Crippen LogP contribution is -2.60. The summed E-state index contributed by atoms with van der Waals surface area (Å²) in [7, 11) is -4.60. The molecule has 1 aliphatic heterocycles. The van der Waals surface area contributed by atoms with Gasteiger partial charge < -0.3 is 34.3 Å². The third-order valence-electron chi connectivity index (χ3n) is 13.2. The van der Waals surface area contributed by atoms with Crippen molar-refractivity contribution in [3.63, 3.8) is 0 Å². The van der Waals surface area contributed by atoms with E-state index in [1.165, 1.54) is 193 Å².